The van der Waals surface area contributed by atoms with Crippen molar-refractivity contribution >= 4 is 20.1 Å². The molecule has 0 aromatic carbocycles. The van der Waals surface area contributed by atoms with Gasteiger partial charge >= 0.3 is 5.97 Å². The zero-order chi connectivity index (χ0) is 35.1. The number of carbonyl (C=O) groups excluding carboxylic acids is 2. The highest BCUT2D eigenvalue weighted by atomic mass is 28.4. The summed E-state index contributed by atoms with van der Waals surface area (Å²) in [5, 5.41) is -0.184. The van der Waals surface area contributed by atoms with E-state index in [4.69, 9.17) is 18.6 Å². The molecule has 0 bridgehead atoms. The summed E-state index contributed by atoms with van der Waals surface area (Å²) in [5.41, 5.74) is 0. The minimum absolute atomic E-state index is 0.0764. The summed E-state index contributed by atoms with van der Waals surface area (Å²) in [6, 6.07) is 0. The van der Waals surface area contributed by atoms with Crippen LogP contribution in [0.25, 0.3) is 0 Å². The third-order valence-electron chi connectivity index (χ3n) is 10.6. The lowest BCUT2D eigenvalue weighted by Crippen LogP contribution is -2.49. The van der Waals surface area contributed by atoms with Crippen molar-refractivity contribution in [2.24, 2.45) is 11.8 Å². The van der Waals surface area contributed by atoms with Gasteiger partial charge in [0.15, 0.2) is 14.6 Å². The van der Waals surface area contributed by atoms with Crippen LogP contribution in [0.3, 0.4) is 0 Å². The van der Waals surface area contributed by atoms with Crippen molar-refractivity contribution in [1.29, 1.82) is 0 Å². The maximum Gasteiger partial charge on any atom is 0.306 e. The molecule has 0 N–H and O–H groups in total. The topological polar surface area (TPSA) is 71.1 Å². The van der Waals surface area contributed by atoms with Crippen molar-refractivity contribution in [1.82, 2.24) is 0 Å². The number of unbranched alkanes of at least 4 members (excludes halogenated alkanes) is 8. The van der Waals surface area contributed by atoms with E-state index < -0.39 is 20.3 Å². The van der Waals surface area contributed by atoms with Gasteiger partial charge in [-0.05, 0) is 89.3 Å². The lowest BCUT2D eigenvalue weighted by Gasteiger charge is -2.42. The van der Waals surface area contributed by atoms with Crippen molar-refractivity contribution in [3.63, 3.8) is 0 Å². The normalized spacial score (nSPS) is 23.4. The van der Waals surface area contributed by atoms with Gasteiger partial charge in [-0.25, -0.2) is 8.78 Å². The van der Waals surface area contributed by atoms with E-state index in [0.717, 1.165) is 83.5 Å². The highest BCUT2D eigenvalue weighted by Crippen LogP contribution is 2.44. The number of esters is 1. The molecule has 6 nitrogen and oxygen atoms in total. The molecular formula is C38H70F2O6Si. The summed E-state index contributed by atoms with van der Waals surface area (Å²) >= 11 is 0. The maximum absolute atomic E-state index is 16.0. The molecule has 0 amide bonds. The van der Waals surface area contributed by atoms with Gasteiger partial charge in [-0.15, -0.1) is 0 Å². The molecule has 2 aliphatic rings. The van der Waals surface area contributed by atoms with Gasteiger partial charge < -0.3 is 18.6 Å². The Morgan fingerprint density at radius 3 is 2.23 bits per heavy atom. The Kier molecular flexibility index (Phi) is 18.6. The second kappa shape index (κ2) is 20.7. The van der Waals surface area contributed by atoms with Crippen LogP contribution in [0.15, 0.2) is 0 Å². The van der Waals surface area contributed by atoms with E-state index in [2.05, 4.69) is 40.8 Å². The molecule has 0 aromatic rings. The third kappa shape index (κ3) is 15.3. The highest BCUT2D eigenvalue weighted by Gasteiger charge is 2.49. The summed E-state index contributed by atoms with van der Waals surface area (Å²) in [7, 11) is -2.47. The van der Waals surface area contributed by atoms with Crippen molar-refractivity contribution in [3.05, 3.63) is 0 Å². The van der Waals surface area contributed by atoms with Crippen LogP contribution in [0.1, 0.15) is 164 Å². The first-order chi connectivity index (χ1) is 22.1. The Labute approximate surface area is 287 Å². The van der Waals surface area contributed by atoms with E-state index in [9.17, 15) is 9.59 Å². The second-order valence-electron chi connectivity index (χ2n) is 16.1. The van der Waals surface area contributed by atoms with Gasteiger partial charge in [0.1, 0.15) is 11.9 Å². The van der Waals surface area contributed by atoms with Gasteiger partial charge in [0, 0.05) is 31.8 Å². The molecule has 2 unspecified atom stereocenters. The fourth-order valence-electron chi connectivity index (χ4n) is 6.77. The molecular weight excluding hydrogens is 618 g/mol. The summed E-state index contributed by atoms with van der Waals surface area (Å²) in [6.07, 6.45) is 12.2. The summed E-state index contributed by atoms with van der Waals surface area (Å²) < 4.78 is 56.0. The minimum Gasteiger partial charge on any atom is -0.463 e. The molecule has 1 saturated heterocycles. The SMILES string of the molecule is CCCCCCC(F)(F)C(CC[C@H]1[C@H](OC2CCCCO2)CC(=O)[C@@H]1CCCCCCCCC(=O)OC(C)C)O[Si](C)(C)C(C)(C)C. The molecule has 2 fully saturated rings. The van der Waals surface area contributed by atoms with Crippen LogP contribution < -0.4 is 0 Å². The highest BCUT2D eigenvalue weighted by molar-refractivity contribution is 6.74. The number of carbonyl (C=O) groups is 2. The van der Waals surface area contributed by atoms with Crippen LogP contribution in [-0.4, -0.2) is 57.2 Å². The number of hydrogen-bond donors (Lipinski definition) is 0. The number of rotatable bonds is 23. The zero-order valence-corrected chi connectivity index (χ0v) is 32.3. The molecule has 2 rings (SSSR count). The average molecular weight is 689 g/mol. The van der Waals surface area contributed by atoms with Crippen LogP contribution in [-0.2, 0) is 28.2 Å². The summed E-state index contributed by atoms with van der Waals surface area (Å²) in [4.78, 5) is 25.2. The standard InChI is InChI=1S/C38H70F2O6Si/c1-9-10-11-19-26-38(39,40)34(46-47(7,8)37(4,5)6)25-24-31-30(32(41)28-33(31)45-36-23-18-20-27-43-36)21-16-14-12-13-15-17-22-35(42)44-29(2)3/h29-31,33-34,36H,9-28H2,1-8H3/t30-,31-,33-,34?,36?/m1/s1. The van der Waals surface area contributed by atoms with Crippen LogP contribution in [0.5, 0.6) is 0 Å². The van der Waals surface area contributed by atoms with Crippen LogP contribution in [0.4, 0.5) is 8.78 Å². The van der Waals surface area contributed by atoms with Crippen molar-refractivity contribution < 1.29 is 37.0 Å². The van der Waals surface area contributed by atoms with Gasteiger partial charge in [0.2, 0.25) is 0 Å². The molecule has 1 heterocycles. The number of halogens is 2. The zero-order valence-electron chi connectivity index (χ0n) is 31.3. The minimum atomic E-state index is -2.92. The van der Waals surface area contributed by atoms with Crippen LogP contribution in [0.2, 0.25) is 18.1 Å². The number of hydrogen-bond acceptors (Lipinski definition) is 6. The lowest BCUT2D eigenvalue weighted by atomic mass is 9.84. The molecule has 0 spiro atoms. The first-order valence-electron chi connectivity index (χ1n) is 19.1. The van der Waals surface area contributed by atoms with Gasteiger partial charge in [-0.3, -0.25) is 9.59 Å². The van der Waals surface area contributed by atoms with E-state index in [-0.39, 0.29) is 60.0 Å². The Balaban J connectivity index is 2.07. The van der Waals surface area contributed by atoms with E-state index in [1.165, 1.54) is 0 Å². The molecule has 0 aromatic heterocycles. The van der Waals surface area contributed by atoms with Gasteiger partial charge in [0.25, 0.3) is 5.92 Å². The largest absolute Gasteiger partial charge is 0.463 e. The second-order valence-corrected chi connectivity index (χ2v) is 20.9. The monoisotopic (exact) mass is 688 g/mol. The quantitative estimate of drug-likeness (QED) is 0.0604. The Hall–Kier alpha value is -0.903. The predicted molar refractivity (Wildman–Crippen MR) is 188 cm³/mol. The van der Waals surface area contributed by atoms with Crippen LogP contribution >= 0.6 is 0 Å². The summed E-state index contributed by atoms with van der Waals surface area (Å²) in [5.74, 6) is -3.14. The molecule has 1 saturated carbocycles. The lowest BCUT2D eigenvalue weighted by molar-refractivity contribution is -0.197. The fourth-order valence-corrected chi connectivity index (χ4v) is 8.12. The van der Waals surface area contributed by atoms with Crippen LogP contribution in [0, 0.1) is 11.8 Å². The number of ether oxygens (including phenoxy) is 3. The Morgan fingerprint density at radius 2 is 1.62 bits per heavy atom. The van der Waals surface area contributed by atoms with E-state index >= 15 is 8.78 Å². The van der Waals surface area contributed by atoms with Crippen molar-refractivity contribution in [3.8, 4) is 0 Å². The van der Waals surface area contributed by atoms with E-state index in [1.54, 1.807) is 0 Å². The van der Waals surface area contributed by atoms with Crippen molar-refractivity contribution in [2.75, 3.05) is 6.61 Å². The smallest absolute Gasteiger partial charge is 0.306 e. The van der Waals surface area contributed by atoms with E-state index in [0.29, 0.717) is 32.3 Å². The summed E-state index contributed by atoms with van der Waals surface area (Å²) in [6.45, 7) is 16.9. The molecule has 1 aliphatic carbocycles. The molecule has 9 heteroatoms. The molecule has 47 heavy (non-hydrogen) atoms. The molecule has 5 atom stereocenters. The molecule has 276 valence electrons. The molecule has 1 aliphatic heterocycles. The van der Waals surface area contributed by atoms with Crippen molar-refractivity contribution in [2.45, 2.75) is 212 Å². The van der Waals surface area contributed by atoms with Gasteiger partial charge in [-0.2, -0.15) is 0 Å². The number of Topliss-reactive ketones (excluding diaryl/α,β-unsaturated/α-hetero) is 1. The maximum atomic E-state index is 16.0. The first kappa shape index (κ1) is 42.3. The predicted octanol–water partition coefficient (Wildman–Crippen LogP) is 11.0. The third-order valence-corrected chi connectivity index (χ3v) is 15.1. The number of alkyl halides is 2. The van der Waals surface area contributed by atoms with Gasteiger partial charge in [-0.1, -0.05) is 79.1 Å². The Bertz CT molecular complexity index is 899. The first-order valence-corrected chi connectivity index (χ1v) is 22.0. The molecule has 0 radical (unpaired) electrons. The van der Waals surface area contributed by atoms with E-state index in [1.807, 2.05) is 13.8 Å². The Morgan fingerprint density at radius 1 is 0.957 bits per heavy atom. The van der Waals surface area contributed by atoms with Gasteiger partial charge in [0.05, 0.1) is 12.2 Å². The fraction of sp³-hybridized carbons (Fsp3) is 0.947. The average Bonchev–Trinajstić information content (AvgIpc) is 3.27. The number of ketones is 1.